The quantitative estimate of drug-likeness (QED) is 0.587. The number of carbonyl (C=O) groups is 2. The third-order valence-electron chi connectivity index (χ3n) is 3.07. The van der Waals surface area contributed by atoms with Gasteiger partial charge in [-0.15, -0.1) is 0 Å². The van der Waals surface area contributed by atoms with E-state index >= 15 is 0 Å². The molecular formula is C15H14N2O3. The lowest BCUT2D eigenvalue weighted by Crippen LogP contribution is -2.18. The van der Waals surface area contributed by atoms with Crippen molar-refractivity contribution >= 4 is 11.8 Å². The van der Waals surface area contributed by atoms with Crippen LogP contribution in [-0.4, -0.2) is 17.0 Å². The van der Waals surface area contributed by atoms with Crippen molar-refractivity contribution in [2.24, 2.45) is 5.73 Å². The van der Waals surface area contributed by atoms with E-state index in [1.54, 1.807) is 41.9 Å². The number of nitrogens with one attached hydrogen (secondary N) is 1. The fraction of sp³-hybridized carbons (Fsp3) is 0.0667. The van der Waals surface area contributed by atoms with Crippen LogP contribution in [0.4, 0.5) is 0 Å². The van der Waals surface area contributed by atoms with Gasteiger partial charge in [0.2, 0.25) is 5.91 Å². The molecule has 0 atom stereocenters. The van der Waals surface area contributed by atoms with Gasteiger partial charge in [-0.1, -0.05) is 18.2 Å². The van der Waals surface area contributed by atoms with Crippen LogP contribution in [0.1, 0.15) is 26.3 Å². The molecule has 5 nitrogen and oxygen atoms in total. The summed E-state index contributed by atoms with van der Waals surface area (Å²) in [7, 11) is 0. The SMILES string of the molecule is Cc1cc(C(N)=O)ccc1-c1ccc(C(=O)NO)cc1. The van der Waals surface area contributed by atoms with Crippen LogP contribution in [0.2, 0.25) is 0 Å². The molecule has 0 aliphatic heterocycles. The Kier molecular flexibility index (Phi) is 3.81. The summed E-state index contributed by atoms with van der Waals surface area (Å²) in [6.07, 6.45) is 0. The average Bonchev–Trinajstić information content (AvgIpc) is 2.46. The third-order valence-corrected chi connectivity index (χ3v) is 3.07. The van der Waals surface area contributed by atoms with E-state index in [-0.39, 0.29) is 0 Å². The molecular weight excluding hydrogens is 256 g/mol. The summed E-state index contributed by atoms with van der Waals surface area (Å²) in [5, 5.41) is 8.56. The van der Waals surface area contributed by atoms with Crippen LogP contribution in [0.5, 0.6) is 0 Å². The highest BCUT2D eigenvalue weighted by Gasteiger charge is 2.08. The van der Waals surface area contributed by atoms with E-state index in [0.29, 0.717) is 11.1 Å². The molecule has 20 heavy (non-hydrogen) atoms. The second-order valence-electron chi connectivity index (χ2n) is 4.41. The predicted octanol–water partition coefficient (Wildman–Crippen LogP) is 1.88. The number of nitrogens with two attached hydrogens (primary N) is 1. The largest absolute Gasteiger partial charge is 0.366 e. The van der Waals surface area contributed by atoms with Crippen molar-refractivity contribution in [2.45, 2.75) is 6.92 Å². The standard InChI is InChI=1S/C15H14N2O3/c1-9-8-12(14(16)18)6-7-13(9)10-2-4-11(5-3-10)15(19)17-20/h2-8,20H,1H3,(H2,16,18)(H,17,19). The lowest BCUT2D eigenvalue weighted by atomic mass is 9.97. The van der Waals surface area contributed by atoms with Crippen molar-refractivity contribution in [3.63, 3.8) is 0 Å². The van der Waals surface area contributed by atoms with Crippen molar-refractivity contribution in [1.29, 1.82) is 0 Å². The maximum absolute atomic E-state index is 11.2. The molecule has 0 aliphatic carbocycles. The first-order valence-corrected chi connectivity index (χ1v) is 5.98. The Morgan fingerprint density at radius 2 is 1.65 bits per heavy atom. The van der Waals surface area contributed by atoms with Gasteiger partial charge in [0, 0.05) is 11.1 Å². The highest BCUT2D eigenvalue weighted by molar-refractivity contribution is 5.95. The first-order valence-electron chi connectivity index (χ1n) is 5.98. The molecule has 2 rings (SSSR count). The van der Waals surface area contributed by atoms with E-state index in [0.717, 1.165) is 16.7 Å². The van der Waals surface area contributed by atoms with Gasteiger partial charge in [-0.05, 0) is 47.9 Å². The van der Waals surface area contributed by atoms with Crippen LogP contribution in [0, 0.1) is 6.92 Å². The zero-order valence-corrected chi connectivity index (χ0v) is 10.9. The minimum Gasteiger partial charge on any atom is -0.366 e. The summed E-state index contributed by atoms with van der Waals surface area (Å²) in [4.78, 5) is 22.3. The Labute approximate surface area is 116 Å². The third kappa shape index (κ3) is 2.67. The molecule has 102 valence electrons. The Balaban J connectivity index is 2.37. The molecule has 0 unspecified atom stereocenters. The molecule has 2 aromatic carbocycles. The average molecular weight is 270 g/mol. The smallest absolute Gasteiger partial charge is 0.274 e. The summed E-state index contributed by atoms with van der Waals surface area (Å²) < 4.78 is 0. The van der Waals surface area contributed by atoms with Crippen LogP contribution in [0.15, 0.2) is 42.5 Å². The van der Waals surface area contributed by atoms with Crippen LogP contribution in [0.3, 0.4) is 0 Å². The zero-order valence-electron chi connectivity index (χ0n) is 10.9. The van der Waals surface area contributed by atoms with Gasteiger partial charge < -0.3 is 5.73 Å². The van der Waals surface area contributed by atoms with E-state index in [1.165, 1.54) is 0 Å². The Morgan fingerprint density at radius 1 is 1.05 bits per heavy atom. The molecule has 2 aromatic rings. The second-order valence-corrected chi connectivity index (χ2v) is 4.41. The van der Waals surface area contributed by atoms with Crippen molar-refractivity contribution < 1.29 is 14.8 Å². The van der Waals surface area contributed by atoms with E-state index in [1.807, 2.05) is 13.0 Å². The molecule has 0 aromatic heterocycles. The number of hydrogen-bond acceptors (Lipinski definition) is 3. The molecule has 5 heteroatoms. The predicted molar refractivity (Wildman–Crippen MR) is 74.4 cm³/mol. The van der Waals surface area contributed by atoms with E-state index in [2.05, 4.69) is 0 Å². The molecule has 0 bridgehead atoms. The molecule has 0 radical (unpaired) electrons. The van der Waals surface area contributed by atoms with Crippen molar-refractivity contribution in [3.05, 3.63) is 59.2 Å². The highest BCUT2D eigenvalue weighted by Crippen LogP contribution is 2.24. The van der Waals surface area contributed by atoms with Gasteiger partial charge in [-0.2, -0.15) is 0 Å². The summed E-state index contributed by atoms with van der Waals surface area (Å²) in [6, 6.07) is 12.0. The highest BCUT2D eigenvalue weighted by atomic mass is 16.5. The Bertz CT molecular complexity index is 663. The van der Waals surface area contributed by atoms with Crippen LogP contribution >= 0.6 is 0 Å². The number of primary amides is 1. The number of benzene rings is 2. The van der Waals surface area contributed by atoms with Crippen LogP contribution < -0.4 is 11.2 Å². The summed E-state index contributed by atoms with van der Waals surface area (Å²) in [6.45, 7) is 1.89. The normalized spacial score (nSPS) is 10.1. The maximum Gasteiger partial charge on any atom is 0.274 e. The van der Waals surface area contributed by atoms with Crippen molar-refractivity contribution in [1.82, 2.24) is 5.48 Å². The molecule has 0 saturated heterocycles. The first-order chi connectivity index (χ1) is 9.52. The molecule has 0 saturated carbocycles. The molecule has 2 amide bonds. The number of rotatable bonds is 3. The van der Waals surface area contributed by atoms with E-state index in [4.69, 9.17) is 10.9 Å². The summed E-state index contributed by atoms with van der Waals surface area (Å²) in [5.74, 6) is -1.02. The summed E-state index contributed by atoms with van der Waals surface area (Å²) >= 11 is 0. The van der Waals surface area contributed by atoms with Gasteiger partial charge in [0.25, 0.3) is 5.91 Å². The summed E-state index contributed by atoms with van der Waals surface area (Å²) in [5.41, 5.74) is 10.4. The number of carbonyl (C=O) groups excluding carboxylic acids is 2. The first kappa shape index (κ1) is 13.8. The lowest BCUT2D eigenvalue weighted by molar-refractivity contribution is 0.0706. The van der Waals surface area contributed by atoms with E-state index < -0.39 is 11.8 Å². The zero-order chi connectivity index (χ0) is 14.7. The second kappa shape index (κ2) is 5.54. The van der Waals surface area contributed by atoms with Crippen molar-refractivity contribution in [2.75, 3.05) is 0 Å². The number of amides is 2. The minimum absolute atomic E-state index is 0.364. The van der Waals surface area contributed by atoms with Gasteiger partial charge in [-0.25, -0.2) is 5.48 Å². The minimum atomic E-state index is -0.558. The number of hydrogen-bond donors (Lipinski definition) is 3. The van der Waals surface area contributed by atoms with Gasteiger partial charge >= 0.3 is 0 Å². The van der Waals surface area contributed by atoms with Crippen LogP contribution in [-0.2, 0) is 0 Å². The fourth-order valence-electron chi connectivity index (χ4n) is 2.01. The topological polar surface area (TPSA) is 92.4 Å². The van der Waals surface area contributed by atoms with Gasteiger partial charge in [-0.3, -0.25) is 14.8 Å². The Hall–Kier alpha value is -2.66. The Morgan fingerprint density at radius 3 is 2.15 bits per heavy atom. The molecule has 0 spiro atoms. The molecule has 4 N–H and O–H groups in total. The van der Waals surface area contributed by atoms with E-state index in [9.17, 15) is 9.59 Å². The molecule has 0 fully saturated rings. The molecule has 0 heterocycles. The maximum atomic E-state index is 11.2. The van der Waals surface area contributed by atoms with Crippen molar-refractivity contribution in [3.8, 4) is 11.1 Å². The monoisotopic (exact) mass is 270 g/mol. The van der Waals surface area contributed by atoms with Crippen LogP contribution in [0.25, 0.3) is 11.1 Å². The molecule has 0 aliphatic rings. The number of aryl methyl sites for hydroxylation is 1. The van der Waals surface area contributed by atoms with Gasteiger partial charge in [0.1, 0.15) is 0 Å². The van der Waals surface area contributed by atoms with Gasteiger partial charge in [0.05, 0.1) is 0 Å². The van der Waals surface area contributed by atoms with Gasteiger partial charge in [0.15, 0.2) is 0 Å². The fourth-order valence-corrected chi connectivity index (χ4v) is 2.01. The number of hydroxylamine groups is 1. The lowest BCUT2D eigenvalue weighted by Gasteiger charge is -2.08.